The Bertz CT molecular complexity index is 680. The maximum Gasteiger partial charge on any atom is 0.271 e. The van der Waals surface area contributed by atoms with Gasteiger partial charge in [-0.05, 0) is 30.3 Å². The van der Waals surface area contributed by atoms with Crippen LogP contribution in [0.4, 0.5) is 15.8 Å². The number of anilines is 1. The normalized spacial score (nSPS) is 10.0. The van der Waals surface area contributed by atoms with E-state index in [1.165, 1.54) is 0 Å². The Balaban J connectivity index is 1.89. The summed E-state index contributed by atoms with van der Waals surface area (Å²) in [6.45, 7) is 0.576. The van der Waals surface area contributed by atoms with Crippen molar-refractivity contribution in [1.82, 2.24) is 5.32 Å². The molecule has 0 bridgehead atoms. The van der Waals surface area contributed by atoms with Gasteiger partial charge in [-0.25, -0.2) is 4.39 Å². The molecule has 0 saturated heterocycles. The van der Waals surface area contributed by atoms with Gasteiger partial charge in [-0.15, -0.1) is 0 Å². The standard InChI is InChI=1S/C15H14FN3O2S/c16-13-7-6-12(19(20)21)10-14(13)18-15(22)17-9-8-11-4-2-1-3-5-11/h1-7,10H,8-9H2,(H2,17,18,22). The van der Waals surface area contributed by atoms with Crippen molar-refractivity contribution < 1.29 is 9.31 Å². The van der Waals surface area contributed by atoms with Crippen LogP contribution in [0, 0.1) is 15.9 Å². The summed E-state index contributed by atoms with van der Waals surface area (Å²) >= 11 is 5.06. The molecule has 0 radical (unpaired) electrons. The molecule has 0 spiro atoms. The summed E-state index contributed by atoms with van der Waals surface area (Å²) in [4.78, 5) is 10.1. The minimum Gasteiger partial charge on any atom is -0.362 e. The van der Waals surface area contributed by atoms with Crippen molar-refractivity contribution in [3.05, 3.63) is 70.0 Å². The van der Waals surface area contributed by atoms with E-state index in [1.54, 1.807) is 0 Å². The van der Waals surface area contributed by atoms with Crippen LogP contribution < -0.4 is 10.6 Å². The van der Waals surface area contributed by atoms with E-state index < -0.39 is 10.7 Å². The first-order valence-corrected chi connectivity index (χ1v) is 7.00. The third-order valence-corrected chi connectivity index (χ3v) is 3.20. The van der Waals surface area contributed by atoms with Gasteiger partial charge in [0, 0.05) is 18.7 Å². The quantitative estimate of drug-likeness (QED) is 0.503. The van der Waals surface area contributed by atoms with Crippen LogP contribution in [-0.2, 0) is 6.42 Å². The topological polar surface area (TPSA) is 67.2 Å². The summed E-state index contributed by atoms with van der Waals surface area (Å²) in [6, 6.07) is 13.1. The lowest BCUT2D eigenvalue weighted by Gasteiger charge is -2.11. The molecule has 0 aliphatic rings. The zero-order valence-electron chi connectivity index (χ0n) is 11.6. The predicted octanol–water partition coefficient (Wildman–Crippen LogP) is 3.26. The number of rotatable bonds is 5. The summed E-state index contributed by atoms with van der Waals surface area (Å²) in [5.74, 6) is -0.599. The van der Waals surface area contributed by atoms with Crippen LogP contribution in [0.1, 0.15) is 5.56 Å². The van der Waals surface area contributed by atoms with Crippen molar-refractivity contribution in [3.63, 3.8) is 0 Å². The fraction of sp³-hybridized carbons (Fsp3) is 0.133. The number of non-ortho nitro benzene ring substituents is 1. The second kappa shape index (κ2) is 7.46. The number of halogens is 1. The highest BCUT2D eigenvalue weighted by Gasteiger charge is 2.11. The number of hydrogen-bond acceptors (Lipinski definition) is 3. The summed E-state index contributed by atoms with van der Waals surface area (Å²) in [7, 11) is 0. The van der Waals surface area contributed by atoms with Gasteiger partial charge in [-0.3, -0.25) is 10.1 Å². The Hall–Kier alpha value is -2.54. The lowest BCUT2D eigenvalue weighted by atomic mass is 10.1. The van der Waals surface area contributed by atoms with Gasteiger partial charge >= 0.3 is 0 Å². The van der Waals surface area contributed by atoms with Crippen molar-refractivity contribution in [1.29, 1.82) is 0 Å². The minimum absolute atomic E-state index is 0.0218. The van der Waals surface area contributed by atoms with Crippen molar-refractivity contribution >= 4 is 28.7 Å². The Morgan fingerprint density at radius 2 is 1.95 bits per heavy atom. The summed E-state index contributed by atoms with van der Waals surface area (Å²) in [5, 5.41) is 16.5. The molecule has 2 rings (SSSR count). The third-order valence-electron chi connectivity index (χ3n) is 2.95. The summed E-state index contributed by atoms with van der Waals surface area (Å²) < 4.78 is 13.6. The van der Waals surface area contributed by atoms with Gasteiger partial charge in [0.1, 0.15) is 5.82 Å². The van der Waals surface area contributed by atoms with Crippen molar-refractivity contribution in [2.45, 2.75) is 6.42 Å². The van der Waals surface area contributed by atoms with E-state index in [-0.39, 0.29) is 16.5 Å². The van der Waals surface area contributed by atoms with Crippen LogP contribution in [-0.4, -0.2) is 16.6 Å². The number of thiocarbonyl (C=S) groups is 1. The lowest BCUT2D eigenvalue weighted by molar-refractivity contribution is -0.384. The third kappa shape index (κ3) is 4.49. The van der Waals surface area contributed by atoms with Crippen LogP contribution in [0.25, 0.3) is 0 Å². The van der Waals surface area contributed by atoms with E-state index >= 15 is 0 Å². The van der Waals surface area contributed by atoms with Crippen molar-refractivity contribution in [2.24, 2.45) is 0 Å². The van der Waals surface area contributed by atoms with Gasteiger partial charge in [-0.1, -0.05) is 30.3 Å². The number of nitrogens with zero attached hydrogens (tertiary/aromatic N) is 1. The molecule has 2 aromatic carbocycles. The molecule has 2 aromatic rings. The zero-order chi connectivity index (χ0) is 15.9. The van der Waals surface area contributed by atoms with Gasteiger partial charge in [0.2, 0.25) is 0 Å². The molecule has 0 saturated carbocycles. The Morgan fingerprint density at radius 3 is 2.64 bits per heavy atom. The maximum atomic E-state index is 13.6. The second-order valence-corrected chi connectivity index (χ2v) is 4.95. The number of nitrogens with one attached hydrogen (secondary N) is 2. The first-order valence-electron chi connectivity index (χ1n) is 6.59. The van der Waals surface area contributed by atoms with Crippen LogP contribution in [0.15, 0.2) is 48.5 Å². The smallest absolute Gasteiger partial charge is 0.271 e. The highest BCUT2D eigenvalue weighted by atomic mass is 32.1. The SMILES string of the molecule is O=[N+]([O-])c1ccc(F)c(NC(=S)NCCc2ccccc2)c1. The van der Waals surface area contributed by atoms with E-state index in [2.05, 4.69) is 10.6 Å². The largest absolute Gasteiger partial charge is 0.362 e. The highest BCUT2D eigenvalue weighted by Crippen LogP contribution is 2.21. The van der Waals surface area contributed by atoms with Gasteiger partial charge in [0.05, 0.1) is 10.6 Å². The Kier molecular flexibility index (Phi) is 5.37. The molecule has 0 atom stereocenters. The number of hydrogen-bond donors (Lipinski definition) is 2. The monoisotopic (exact) mass is 319 g/mol. The lowest BCUT2D eigenvalue weighted by Crippen LogP contribution is -2.30. The van der Waals surface area contributed by atoms with E-state index in [0.717, 1.165) is 30.2 Å². The van der Waals surface area contributed by atoms with E-state index in [4.69, 9.17) is 12.2 Å². The minimum atomic E-state index is -0.599. The maximum absolute atomic E-state index is 13.6. The highest BCUT2D eigenvalue weighted by molar-refractivity contribution is 7.80. The molecular formula is C15H14FN3O2S. The molecule has 2 N–H and O–H groups in total. The number of nitro benzene ring substituents is 1. The molecule has 114 valence electrons. The Labute approximate surface area is 132 Å². The first-order chi connectivity index (χ1) is 10.6. The number of benzene rings is 2. The van der Waals surface area contributed by atoms with E-state index in [0.29, 0.717) is 6.54 Å². The average molecular weight is 319 g/mol. The van der Waals surface area contributed by atoms with Gasteiger partial charge in [0.15, 0.2) is 5.11 Å². The van der Waals surface area contributed by atoms with Crippen molar-refractivity contribution in [2.75, 3.05) is 11.9 Å². The zero-order valence-corrected chi connectivity index (χ0v) is 12.4. The molecule has 0 aromatic heterocycles. The second-order valence-electron chi connectivity index (χ2n) is 4.54. The van der Waals surface area contributed by atoms with Crippen molar-refractivity contribution in [3.8, 4) is 0 Å². The molecule has 5 nitrogen and oxygen atoms in total. The molecule has 0 aliphatic heterocycles. The Morgan fingerprint density at radius 1 is 1.23 bits per heavy atom. The first kappa shape index (κ1) is 15.8. The van der Waals surface area contributed by atoms with Crippen LogP contribution >= 0.6 is 12.2 Å². The van der Waals surface area contributed by atoms with Crippen LogP contribution in [0.2, 0.25) is 0 Å². The van der Waals surface area contributed by atoms with Gasteiger partial charge < -0.3 is 10.6 Å². The predicted molar refractivity (Wildman–Crippen MR) is 87.4 cm³/mol. The molecule has 0 heterocycles. The van der Waals surface area contributed by atoms with E-state index in [9.17, 15) is 14.5 Å². The van der Waals surface area contributed by atoms with E-state index in [1.807, 2.05) is 30.3 Å². The fourth-order valence-electron chi connectivity index (χ4n) is 1.85. The van der Waals surface area contributed by atoms with Gasteiger partial charge in [0.25, 0.3) is 5.69 Å². The molecule has 7 heteroatoms. The van der Waals surface area contributed by atoms with Crippen LogP contribution in [0.5, 0.6) is 0 Å². The summed E-state index contributed by atoms with van der Waals surface area (Å²) in [5.41, 5.74) is 0.932. The molecule has 0 aliphatic carbocycles. The fourth-order valence-corrected chi connectivity index (χ4v) is 2.07. The molecule has 0 fully saturated rings. The molecular weight excluding hydrogens is 305 g/mol. The molecule has 0 unspecified atom stereocenters. The molecule has 0 amide bonds. The van der Waals surface area contributed by atoms with Crippen LogP contribution in [0.3, 0.4) is 0 Å². The summed E-state index contributed by atoms with van der Waals surface area (Å²) in [6.07, 6.45) is 0.764. The number of nitro groups is 1. The molecule has 22 heavy (non-hydrogen) atoms. The average Bonchev–Trinajstić information content (AvgIpc) is 2.50. The van der Waals surface area contributed by atoms with Gasteiger partial charge in [-0.2, -0.15) is 0 Å².